The van der Waals surface area contributed by atoms with Gasteiger partial charge in [0.25, 0.3) is 0 Å². The second-order valence-corrected chi connectivity index (χ2v) is 6.48. The van der Waals surface area contributed by atoms with E-state index in [1.54, 1.807) is 12.1 Å². The van der Waals surface area contributed by atoms with Crippen molar-refractivity contribution in [1.82, 2.24) is 10.2 Å². The summed E-state index contributed by atoms with van der Waals surface area (Å²) in [5.41, 5.74) is 3.47. The third kappa shape index (κ3) is 4.73. The summed E-state index contributed by atoms with van der Waals surface area (Å²) in [5, 5.41) is 12.4. The highest BCUT2D eigenvalue weighted by molar-refractivity contribution is 5.78. The number of hydrogen-bond acceptors (Lipinski definition) is 4. The van der Waals surface area contributed by atoms with E-state index >= 15 is 0 Å². The molecular weight excluding hydrogens is 314 g/mol. The molecule has 0 saturated carbocycles. The van der Waals surface area contributed by atoms with Crippen LogP contribution in [0.15, 0.2) is 48.5 Å². The van der Waals surface area contributed by atoms with Crippen LogP contribution in [0, 0.1) is 6.92 Å². The molecule has 2 N–H and O–H groups in total. The number of amides is 1. The molecule has 0 bridgehead atoms. The van der Waals surface area contributed by atoms with Crippen molar-refractivity contribution in [3.63, 3.8) is 0 Å². The Morgan fingerprint density at radius 1 is 1.04 bits per heavy atom. The Morgan fingerprint density at radius 2 is 1.72 bits per heavy atom. The predicted molar refractivity (Wildman–Crippen MR) is 99.8 cm³/mol. The first kappa shape index (κ1) is 17.3. The molecule has 0 radical (unpaired) electrons. The van der Waals surface area contributed by atoms with Crippen molar-refractivity contribution in [1.29, 1.82) is 0 Å². The van der Waals surface area contributed by atoms with E-state index in [4.69, 9.17) is 0 Å². The summed E-state index contributed by atoms with van der Waals surface area (Å²) in [5.74, 6) is 0.356. The number of aryl methyl sites for hydroxylation is 1. The minimum atomic E-state index is 0.0707. The van der Waals surface area contributed by atoms with E-state index in [-0.39, 0.29) is 11.7 Å². The van der Waals surface area contributed by atoms with Gasteiger partial charge in [-0.2, -0.15) is 0 Å². The molecule has 0 aromatic heterocycles. The van der Waals surface area contributed by atoms with Gasteiger partial charge in [-0.25, -0.2) is 0 Å². The first-order valence-electron chi connectivity index (χ1n) is 8.69. The van der Waals surface area contributed by atoms with Crippen LogP contribution in [-0.4, -0.2) is 48.6 Å². The maximum atomic E-state index is 12.2. The Labute approximate surface area is 148 Å². The van der Waals surface area contributed by atoms with Crippen molar-refractivity contribution in [2.45, 2.75) is 13.5 Å². The number of carbonyl (C=O) groups excluding carboxylic acids is 1. The van der Waals surface area contributed by atoms with Gasteiger partial charge in [0, 0.05) is 38.4 Å². The molecule has 1 aliphatic heterocycles. The van der Waals surface area contributed by atoms with Crippen LogP contribution in [0.4, 0.5) is 5.69 Å². The largest absolute Gasteiger partial charge is 0.508 e. The second-order valence-electron chi connectivity index (χ2n) is 6.48. The second kappa shape index (κ2) is 8.03. The average Bonchev–Trinajstić information content (AvgIpc) is 2.62. The molecule has 1 fully saturated rings. The number of benzene rings is 2. The van der Waals surface area contributed by atoms with Crippen LogP contribution in [0.3, 0.4) is 0 Å². The highest BCUT2D eigenvalue weighted by Crippen LogP contribution is 2.19. The number of piperazine rings is 1. The zero-order valence-electron chi connectivity index (χ0n) is 14.6. The molecule has 5 nitrogen and oxygen atoms in total. The SMILES string of the molecule is Cc1ccccc1CNC(=O)CN1CCN(c2ccc(O)cc2)CC1. The summed E-state index contributed by atoms with van der Waals surface area (Å²) in [6.07, 6.45) is 0. The van der Waals surface area contributed by atoms with Crippen LogP contribution >= 0.6 is 0 Å². The Bertz CT molecular complexity index is 707. The molecule has 3 rings (SSSR count). The lowest BCUT2D eigenvalue weighted by Crippen LogP contribution is -2.49. The van der Waals surface area contributed by atoms with Gasteiger partial charge in [-0.1, -0.05) is 24.3 Å². The third-order valence-corrected chi connectivity index (χ3v) is 4.69. The minimum Gasteiger partial charge on any atom is -0.508 e. The van der Waals surface area contributed by atoms with E-state index < -0.39 is 0 Å². The number of nitrogens with one attached hydrogen (secondary N) is 1. The molecule has 1 heterocycles. The molecule has 132 valence electrons. The van der Waals surface area contributed by atoms with E-state index in [0.29, 0.717) is 13.1 Å². The zero-order valence-corrected chi connectivity index (χ0v) is 14.6. The molecule has 0 atom stereocenters. The fourth-order valence-electron chi connectivity index (χ4n) is 3.09. The van der Waals surface area contributed by atoms with Crippen molar-refractivity contribution in [3.05, 3.63) is 59.7 Å². The van der Waals surface area contributed by atoms with Gasteiger partial charge in [-0.05, 0) is 42.3 Å². The Kier molecular flexibility index (Phi) is 5.56. The number of hydrogen-bond donors (Lipinski definition) is 2. The molecule has 2 aromatic rings. The fourth-order valence-corrected chi connectivity index (χ4v) is 3.09. The first-order valence-corrected chi connectivity index (χ1v) is 8.69. The summed E-state index contributed by atoms with van der Waals surface area (Å²) < 4.78 is 0. The zero-order chi connectivity index (χ0) is 17.6. The molecule has 1 aliphatic rings. The number of nitrogens with zero attached hydrogens (tertiary/aromatic N) is 2. The van der Waals surface area contributed by atoms with E-state index in [0.717, 1.165) is 37.4 Å². The molecule has 5 heteroatoms. The summed E-state index contributed by atoms with van der Waals surface area (Å²) in [6.45, 7) is 6.57. The number of anilines is 1. The monoisotopic (exact) mass is 339 g/mol. The maximum Gasteiger partial charge on any atom is 0.234 e. The topological polar surface area (TPSA) is 55.8 Å². The van der Waals surface area contributed by atoms with Gasteiger partial charge >= 0.3 is 0 Å². The molecular formula is C20H25N3O2. The highest BCUT2D eigenvalue weighted by Gasteiger charge is 2.19. The standard InChI is InChI=1S/C20H25N3O2/c1-16-4-2-3-5-17(16)14-21-20(25)15-22-10-12-23(13-11-22)18-6-8-19(24)9-7-18/h2-9,24H,10-15H2,1H3,(H,21,25). The quantitative estimate of drug-likeness (QED) is 0.876. The fraction of sp³-hybridized carbons (Fsp3) is 0.350. The molecule has 1 saturated heterocycles. The number of carbonyl (C=O) groups is 1. The summed E-state index contributed by atoms with van der Waals surface area (Å²) in [6, 6.07) is 15.4. The lowest BCUT2D eigenvalue weighted by atomic mass is 10.1. The molecule has 0 aliphatic carbocycles. The molecule has 2 aromatic carbocycles. The van der Waals surface area contributed by atoms with Crippen molar-refractivity contribution < 1.29 is 9.90 Å². The van der Waals surface area contributed by atoms with Crippen molar-refractivity contribution in [2.24, 2.45) is 0 Å². The normalized spacial score (nSPS) is 15.2. The first-order chi connectivity index (χ1) is 12.1. The highest BCUT2D eigenvalue weighted by atomic mass is 16.3. The van der Waals surface area contributed by atoms with Gasteiger partial charge < -0.3 is 15.3 Å². The predicted octanol–water partition coefficient (Wildman–Crippen LogP) is 2.14. The van der Waals surface area contributed by atoms with Crippen molar-refractivity contribution in [2.75, 3.05) is 37.6 Å². The molecule has 25 heavy (non-hydrogen) atoms. The minimum absolute atomic E-state index is 0.0707. The van der Waals surface area contributed by atoms with E-state index in [9.17, 15) is 9.90 Å². The average molecular weight is 339 g/mol. The summed E-state index contributed by atoms with van der Waals surface area (Å²) in [7, 11) is 0. The Morgan fingerprint density at radius 3 is 2.40 bits per heavy atom. The van der Waals surface area contributed by atoms with E-state index in [2.05, 4.69) is 28.1 Å². The van der Waals surface area contributed by atoms with Crippen LogP contribution in [0.2, 0.25) is 0 Å². The van der Waals surface area contributed by atoms with Gasteiger partial charge in [-0.15, -0.1) is 0 Å². The van der Waals surface area contributed by atoms with Crippen molar-refractivity contribution in [3.8, 4) is 5.75 Å². The number of phenolic OH excluding ortho intramolecular Hbond substituents is 1. The van der Waals surface area contributed by atoms with Crippen LogP contribution in [0.1, 0.15) is 11.1 Å². The molecule has 0 spiro atoms. The summed E-state index contributed by atoms with van der Waals surface area (Å²) >= 11 is 0. The summed E-state index contributed by atoms with van der Waals surface area (Å²) in [4.78, 5) is 16.7. The van der Waals surface area contributed by atoms with Gasteiger partial charge in [0.15, 0.2) is 0 Å². The third-order valence-electron chi connectivity index (χ3n) is 4.69. The number of phenols is 1. The van der Waals surface area contributed by atoms with Crippen LogP contribution in [0.5, 0.6) is 5.75 Å². The van der Waals surface area contributed by atoms with E-state index in [1.165, 1.54) is 5.56 Å². The Balaban J connectivity index is 1.43. The van der Waals surface area contributed by atoms with Gasteiger partial charge in [0.1, 0.15) is 5.75 Å². The lowest BCUT2D eigenvalue weighted by molar-refractivity contribution is -0.122. The van der Waals surface area contributed by atoms with Crippen LogP contribution in [0.25, 0.3) is 0 Å². The smallest absolute Gasteiger partial charge is 0.234 e. The van der Waals surface area contributed by atoms with Gasteiger partial charge in [0.2, 0.25) is 5.91 Å². The maximum absolute atomic E-state index is 12.2. The number of aromatic hydroxyl groups is 1. The molecule has 1 amide bonds. The van der Waals surface area contributed by atoms with Crippen LogP contribution in [-0.2, 0) is 11.3 Å². The van der Waals surface area contributed by atoms with Gasteiger partial charge in [-0.3, -0.25) is 9.69 Å². The van der Waals surface area contributed by atoms with Crippen molar-refractivity contribution >= 4 is 11.6 Å². The van der Waals surface area contributed by atoms with Gasteiger partial charge in [0.05, 0.1) is 6.54 Å². The molecule has 0 unspecified atom stereocenters. The number of rotatable bonds is 5. The Hall–Kier alpha value is -2.53. The van der Waals surface area contributed by atoms with E-state index in [1.807, 2.05) is 30.3 Å². The lowest BCUT2D eigenvalue weighted by Gasteiger charge is -2.35. The van der Waals surface area contributed by atoms with Crippen LogP contribution < -0.4 is 10.2 Å².